The van der Waals surface area contributed by atoms with Gasteiger partial charge in [0.2, 0.25) is 0 Å². The van der Waals surface area contributed by atoms with Gasteiger partial charge in [-0.2, -0.15) is 0 Å². The van der Waals surface area contributed by atoms with Crippen LogP contribution < -0.4 is 10.6 Å². The van der Waals surface area contributed by atoms with Gasteiger partial charge in [0, 0.05) is 38.0 Å². The Balaban J connectivity index is 1.54. The number of carbonyl (C=O) groups is 3. The normalized spacial score (nSPS) is 22.8. The third-order valence-corrected chi connectivity index (χ3v) is 8.44. The van der Waals surface area contributed by atoms with Crippen LogP contribution in [0.5, 0.6) is 0 Å². The van der Waals surface area contributed by atoms with Gasteiger partial charge in [-0.3, -0.25) is 9.48 Å². The molecule has 0 saturated carbocycles. The Hall–Kier alpha value is -3.71. The molecular formula is C34H55N6O11+. The van der Waals surface area contributed by atoms with Crippen LogP contribution in [0.25, 0.3) is 0 Å². The van der Waals surface area contributed by atoms with E-state index in [0.717, 1.165) is 5.56 Å². The van der Waals surface area contributed by atoms with Crippen molar-refractivity contribution >= 4 is 18.0 Å². The Bertz CT molecular complexity index is 1400. The van der Waals surface area contributed by atoms with Gasteiger partial charge in [-0.05, 0) is 39.2 Å². The van der Waals surface area contributed by atoms with Gasteiger partial charge in [-0.15, -0.1) is 5.10 Å². The lowest BCUT2D eigenvalue weighted by atomic mass is 9.98. The summed E-state index contributed by atoms with van der Waals surface area (Å²) < 4.78 is 18.5. The minimum atomic E-state index is -1.56. The molecule has 51 heavy (non-hydrogen) atoms. The maximum absolute atomic E-state index is 13.6. The number of nitrogens with one attached hydrogen (secondary N) is 2. The zero-order valence-electron chi connectivity index (χ0n) is 30.2. The number of amides is 2. The number of aryl methyl sites for hydroxylation is 1. The highest BCUT2D eigenvalue weighted by Crippen LogP contribution is 2.24. The van der Waals surface area contributed by atoms with E-state index in [4.69, 9.17) is 14.2 Å². The third kappa shape index (κ3) is 13.1. The number of alkyl carbamates (subject to hydrolysis) is 1. The quantitative estimate of drug-likeness (QED) is 0.0778. The minimum absolute atomic E-state index is 0.00615. The summed E-state index contributed by atoms with van der Waals surface area (Å²) in [5.74, 6) is -1.73. The Morgan fingerprint density at radius 1 is 1.04 bits per heavy atom. The van der Waals surface area contributed by atoms with Gasteiger partial charge in [0.25, 0.3) is 5.91 Å². The van der Waals surface area contributed by atoms with E-state index in [-0.39, 0.29) is 31.4 Å². The average molecular weight is 724 g/mol. The van der Waals surface area contributed by atoms with Crippen molar-refractivity contribution in [2.24, 2.45) is 0 Å². The number of aliphatic hydroxyl groups excluding tert-OH is 4. The lowest BCUT2D eigenvalue weighted by Gasteiger charge is -2.40. The van der Waals surface area contributed by atoms with Gasteiger partial charge in [0.05, 0.1) is 40.1 Å². The number of quaternary nitrogens is 1. The van der Waals surface area contributed by atoms with E-state index in [0.29, 0.717) is 36.0 Å². The van der Waals surface area contributed by atoms with Crippen LogP contribution >= 0.6 is 0 Å². The highest BCUT2D eigenvalue weighted by Gasteiger charge is 2.44. The number of aromatic nitrogens is 3. The number of aliphatic hydroxyl groups is 4. The number of ether oxygens (including phenoxy) is 3. The molecule has 1 aromatic heterocycles. The zero-order valence-corrected chi connectivity index (χ0v) is 30.2. The van der Waals surface area contributed by atoms with Crippen molar-refractivity contribution in [1.29, 1.82) is 0 Å². The Kier molecular flexibility index (Phi) is 15.3. The number of nitrogens with zero attached hydrogens (tertiary/aromatic N) is 4. The molecule has 17 heteroatoms. The van der Waals surface area contributed by atoms with E-state index in [2.05, 4.69) is 20.9 Å². The number of carbonyl (C=O) groups excluding carboxylic acids is 2. The zero-order chi connectivity index (χ0) is 37.9. The molecule has 0 radical (unpaired) electrons. The fourth-order valence-corrected chi connectivity index (χ4v) is 5.64. The van der Waals surface area contributed by atoms with E-state index in [9.17, 15) is 39.9 Å². The van der Waals surface area contributed by atoms with Gasteiger partial charge >= 0.3 is 12.1 Å². The SMILES string of the molecule is CC(C)(C)OC(=O)N[C@@H](Cc1cn(CCCC[C@@H](C(=O)NCC(CO[C@@H]2O[C@H](CO)[C@@H](O)[C@H](O)[C@H]2O)c2ccccc2)[N+](C)(C)C)nn1)C(=O)O. The van der Waals surface area contributed by atoms with Crippen molar-refractivity contribution in [3.05, 3.63) is 47.8 Å². The van der Waals surface area contributed by atoms with Crippen molar-refractivity contribution in [3.8, 4) is 0 Å². The van der Waals surface area contributed by atoms with Gasteiger partial charge in [0.1, 0.15) is 36.1 Å². The number of likely N-dealkylation sites (N-methyl/N-ethyl adjacent to an activating group) is 1. The van der Waals surface area contributed by atoms with Gasteiger partial charge in [-0.25, -0.2) is 9.59 Å². The standard InChI is InChI=1S/C34H54N6O11/c1-34(2,3)51-33(48)36-24(31(46)47)16-23-18-39(38-37-23)15-11-10-14-25(40(4,5)6)30(45)35-17-22(21-12-8-7-9-13-21)20-49-32-29(44)28(43)27(42)26(19-41)50-32/h7-9,12-13,18,22,24-29,32,41-44H,10-11,14-17,19-20H2,1-6H3,(H2-,35,36,45,46,47,48)/p+1/t22?,24-,25-,26+,27+,28-,29+,32+/m0/s1. The summed E-state index contributed by atoms with van der Waals surface area (Å²) in [5.41, 5.74) is 0.485. The molecule has 0 aliphatic carbocycles. The van der Waals surface area contributed by atoms with E-state index >= 15 is 0 Å². The smallest absolute Gasteiger partial charge is 0.408 e. The van der Waals surface area contributed by atoms with Crippen molar-refractivity contribution in [3.63, 3.8) is 0 Å². The van der Waals surface area contributed by atoms with E-state index < -0.39 is 67.1 Å². The summed E-state index contributed by atoms with van der Waals surface area (Å²) in [6.07, 6.45) is -4.36. The first-order valence-electron chi connectivity index (χ1n) is 17.1. The molecule has 1 aromatic carbocycles. The third-order valence-electron chi connectivity index (χ3n) is 8.44. The van der Waals surface area contributed by atoms with Crippen molar-refractivity contribution in [1.82, 2.24) is 25.6 Å². The second-order valence-corrected chi connectivity index (χ2v) is 14.7. The molecule has 2 aromatic rings. The van der Waals surface area contributed by atoms with Crippen LogP contribution in [0.4, 0.5) is 4.79 Å². The summed E-state index contributed by atoms with van der Waals surface area (Å²) in [5, 5.41) is 63.3. The molecule has 7 N–H and O–H groups in total. The first kappa shape index (κ1) is 41.7. The van der Waals surface area contributed by atoms with Crippen LogP contribution in [0.1, 0.15) is 57.2 Å². The molecule has 3 rings (SSSR count). The highest BCUT2D eigenvalue weighted by atomic mass is 16.7. The summed E-state index contributed by atoms with van der Waals surface area (Å²) in [4.78, 5) is 37.4. The maximum Gasteiger partial charge on any atom is 0.408 e. The number of hydrogen-bond acceptors (Lipinski definition) is 12. The molecule has 17 nitrogen and oxygen atoms in total. The lowest BCUT2D eigenvalue weighted by molar-refractivity contribution is -0.886. The second-order valence-electron chi connectivity index (χ2n) is 14.7. The molecule has 8 atom stereocenters. The number of benzene rings is 1. The molecule has 1 aliphatic heterocycles. The van der Waals surface area contributed by atoms with Crippen LogP contribution in [0.15, 0.2) is 36.5 Å². The van der Waals surface area contributed by atoms with Crippen LogP contribution in [-0.2, 0) is 36.8 Å². The Morgan fingerprint density at radius 2 is 1.73 bits per heavy atom. The van der Waals surface area contributed by atoms with E-state index in [1.165, 1.54) is 0 Å². The Morgan fingerprint density at radius 3 is 2.33 bits per heavy atom. The summed E-state index contributed by atoms with van der Waals surface area (Å²) in [6.45, 7) is 5.17. The van der Waals surface area contributed by atoms with E-state index in [1.54, 1.807) is 31.6 Å². The number of carboxylic acids is 1. The molecule has 2 amide bonds. The molecule has 2 heterocycles. The predicted molar refractivity (Wildman–Crippen MR) is 182 cm³/mol. The van der Waals surface area contributed by atoms with Gasteiger partial charge in [-0.1, -0.05) is 35.5 Å². The fourth-order valence-electron chi connectivity index (χ4n) is 5.64. The summed E-state index contributed by atoms with van der Waals surface area (Å²) in [6, 6.07) is 7.72. The number of carboxylic acid groups (broad SMARTS) is 1. The second kappa shape index (κ2) is 18.7. The van der Waals surface area contributed by atoms with Crippen molar-refractivity contribution < 1.29 is 58.6 Å². The first-order valence-corrected chi connectivity index (χ1v) is 17.1. The van der Waals surface area contributed by atoms with Crippen LogP contribution in [0.2, 0.25) is 0 Å². The largest absolute Gasteiger partial charge is 0.480 e. The molecule has 286 valence electrons. The fraction of sp³-hybridized carbons (Fsp3) is 0.676. The Labute approximate surface area is 298 Å². The number of aliphatic carboxylic acids is 1. The van der Waals surface area contributed by atoms with Crippen LogP contribution in [0.3, 0.4) is 0 Å². The maximum atomic E-state index is 13.6. The molecule has 0 bridgehead atoms. The molecule has 1 fully saturated rings. The van der Waals surface area contributed by atoms with Crippen LogP contribution in [0, 0.1) is 0 Å². The van der Waals surface area contributed by atoms with Crippen molar-refractivity contribution in [2.75, 3.05) is 40.9 Å². The molecular weight excluding hydrogens is 668 g/mol. The lowest BCUT2D eigenvalue weighted by Crippen LogP contribution is -2.59. The van der Waals surface area contributed by atoms with Crippen molar-refractivity contribution in [2.45, 2.75) is 107 Å². The summed E-state index contributed by atoms with van der Waals surface area (Å²) >= 11 is 0. The predicted octanol–water partition coefficient (Wildman–Crippen LogP) is -0.240. The van der Waals surface area contributed by atoms with Gasteiger partial charge in [0.15, 0.2) is 12.3 Å². The average Bonchev–Trinajstić information content (AvgIpc) is 3.50. The number of rotatable bonds is 18. The topological polar surface area (TPSA) is 235 Å². The monoisotopic (exact) mass is 723 g/mol. The van der Waals surface area contributed by atoms with E-state index in [1.807, 2.05) is 51.5 Å². The number of hydrogen-bond donors (Lipinski definition) is 7. The van der Waals surface area contributed by atoms with Gasteiger partial charge < -0.3 is 54.9 Å². The minimum Gasteiger partial charge on any atom is -0.480 e. The molecule has 1 unspecified atom stereocenters. The first-order chi connectivity index (χ1) is 23.9. The molecule has 1 aliphatic rings. The summed E-state index contributed by atoms with van der Waals surface area (Å²) in [7, 11) is 5.82. The number of unbranched alkanes of at least 4 members (excludes halogenated alkanes) is 1. The molecule has 1 saturated heterocycles. The molecule has 0 spiro atoms. The van der Waals surface area contributed by atoms with Crippen LogP contribution in [-0.4, -0.2) is 152 Å². The highest BCUT2D eigenvalue weighted by molar-refractivity contribution is 5.81.